The van der Waals surface area contributed by atoms with Crippen molar-refractivity contribution in [2.45, 2.75) is 17.7 Å². The largest absolute Gasteiger partial charge is 0.351 e. The maximum atomic E-state index is 12.9. The zero-order valence-corrected chi connectivity index (χ0v) is 14.0. The number of carbonyl (C=O) groups excluding carboxylic acids is 1. The van der Waals surface area contributed by atoms with Crippen LogP contribution in [-0.2, 0) is 0 Å². The van der Waals surface area contributed by atoms with Gasteiger partial charge in [-0.25, -0.2) is 4.39 Å². The van der Waals surface area contributed by atoms with Crippen molar-refractivity contribution in [1.82, 2.24) is 5.32 Å². The Labute approximate surface area is 139 Å². The van der Waals surface area contributed by atoms with Crippen LogP contribution < -0.4 is 5.32 Å². The lowest BCUT2D eigenvalue weighted by Crippen LogP contribution is -2.27. The average molecular weight is 338 g/mol. The van der Waals surface area contributed by atoms with Crippen LogP contribution in [-0.4, -0.2) is 18.7 Å². The van der Waals surface area contributed by atoms with Crippen LogP contribution in [0.3, 0.4) is 0 Å². The topological polar surface area (TPSA) is 29.1 Å². The lowest BCUT2D eigenvalue weighted by molar-refractivity contribution is 0.0951. The van der Waals surface area contributed by atoms with Crippen LogP contribution in [0.2, 0.25) is 5.02 Å². The van der Waals surface area contributed by atoms with Crippen molar-refractivity contribution < 1.29 is 9.18 Å². The van der Waals surface area contributed by atoms with Crippen LogP contribution >= 0.6 is 23.4 Å². The summed E-state index contributed by atoms with van der Waals surface area (Å²) in [6.45, 7) is 2.44. The Kier molecular flexibility index (Phi) is 5.86. The van der Waals surface area contributed by atoms with Gasteiger partial charge in [-0.15, -0.1) is 11.8 Å². The molecule has 0 radical (unpaired) electrons. The second kappa shape index (κ2) is 7.65. The summed E-state index contributed by atoms with van der Waals surface area (Å²) in [7, 11) is 0. The number of amides is 1. The summed E-state index contributed by atoms with van der Waals surface area (Å²) in [6, 6.07) is 11.7. The van der Waals surface area contributed by atoms with E-state index in [2.05, 4.69) is 5.32 Å². The molecule has 0 saturated carbocycles. The van der Waals surface area contributed by atoms with E-state index in [9.17, 15) is 9.18 Å². The van der Waals surface area contributed by atoms with Crippen molar-refractivity contribution in [3.63, 3.8) is 0 Å². The molecular formula is C17H17ClFNOS. The van der Waals surface area contributed by atoms with E-state index in [4.69, 9.17) is 11.6 Å². The molecule has 22 heavy (non-hydrogen) atoms. The van der Waals surface area contributed by atoms with Crippen molar-refractivity contribution in [3.05, 3.63) is 64.4 Å². The third kappa shape index (κ3) is 4.24. The fraction of sp³-hybridized carbons (Fsp3) is 0.235. The molecule has 0 spiro atoms. The highest BCUT2D eigenvalue weighted by molar-refractivity contribution is 7.98. The highest BCUT2D eigenvalue weighted by Gasteiger charge is 2.13. The fourth-order valence-corrected chi connectivity index (χ4v) is 2.70. The molecule has 2 rings (SSSR count). The molecule has 1 unspecified atom stereocenters. The number of carbonyl (C=O) groups is 1. The Morgan fingerprint density at radius 3 is 2.59 bits per heavy atom. The molecular weight excluding hydrogens is 321 g/mol. The molecule has 116 valence electrons. The van der Waals surface area contributed by atoms with E-state index >= 15 is 0 Å². The van der Waals surface area contributed by atoms with Gasteiger partial charge in [0.25, 0.3) is 5.91 Å². The SMILES string of the molecule is CSc1ccc(Cl)c(C(=O)NCC(C)c2ccc(F)cc2)c1. The third-order valence-corrected chi connectivity index (χ3v) is 4.48. The van der Waals surface area contributed by atoms with Gasteiger partial charge in [0.15, 0.2) is 0 Å². The average Bonchev–Trinajstić information content (AvgIpc) is 2.53. The second-order valence-electron chi connectivity index (χ2n) is 5.01. The molecule has 0 bridgehead atoms. The lowest BCUT2D eigenvalue weighted by Gasteiger charge is -2.14. The first-order valence-electron chi connectivity index (χ1n) is 6.88. The molecule has 0 aliphatic rings. The smallest absolute Gasteiger partial charge is 0.252 e. The maximum Gasteiger partial charge on any atom is 0.252 e. The number of nitrogens with one attached hydrogen (secondary N) is 1. The first kappa shape index (κ1) is 16.8. The summed E-state index contributed by atoms with van der Waals surface area (Å²) in [5.41, 5.74) is 1.45. The van der Waals surface area contributed by atoms with Gasteiger partial charge in [-0.05, 0) is 48.1 Å². The number of halogens is 2. The van der Waals surface area contributed by atoms with E-state index in [1.54, 1.807) is 36.0 Å². The van der Waals surface area contributed by atoms with Crippen molar-refractivity contribution in [1.29, 1.82) is 0 Å². The first-order valence-corrected chi connectivity index (χ1v) is 8.48. The minimum absolute atomic E-state index is 0.0899. The van der Waals surface area contributed by atoms with Crippen LogP contribution in [0.5, 0.6) is 0 Å². The van der Waals surface area contributed by atoms with Crippen molar-refractivity contribution in [3.8, 4) is 0 Å². The number of benzene rings is 2. The van der Waals surface area contributed by atoms with Gasteiger partial charge in [-0.1, -0.05) is 30.7 Å². The van der Waals surface area contributed by atoms with Gasteiger partial charge in [0.05, 0.1) is 10.6 Å². The number of hydrogen-bond donors (Lipinski definition) is 1. The van der Waals surface area contributed by atoms with Gasteiger partial charge in [-0.3, -0.25) is 4.79 Å². The molecule has 1 N–H and O–H groups in total. The van der Waals surface area contributed by atoms with E-state index in [1.165, 1.54) is 12.1 Å². The van der Waals surface area contributed by atoms with Crippen molar-refractivity contribution in [2.75, 3.05) is 12.8 Å². The summed E-state index contributed by atoms with van der Waals surface area (Å²) >= 11 is 7.64. The Morgan fingerprint density at radius 1 is 1.27 bits per heavy atom. The standard InChI is InChI=1S/C17H17ClFNOS/c1-11(12-3-5-13(19)6-4-12)10-20-17(21)15-9-14(22-2)7-8-16(15)18/h3-9,11H,10H2,1-2H3,(H,20,21). The van der Waals surface area contributed by atoms with Crippen molar-refractivity contribution in [2.24, 2.45) is 0 Å². The Hall–Kier alpha value is -1.52. The summed E-state index contributed by atoms with van der Waals surface area (Å²) < 4.78 is 12.9. The maximum absolute atomic E-state index is 12.9. The number of thioether (sulfide) groups is 1. The first-order chi connectivity index (χ1) is 10.5. The molecule has 1 atom stereocenters. The van der Waals surface area contributed by atoms with E-state index in [0.29, 0.717) is 17.1 Å². The highest BCUT2D eigenvalue weighted by atomic mass is 35.5. The van der Waals surface area contributed by atoms with Gasteiger partial charge >= 0.3 is 0 Å². The molecule has 0 saturated heterocycles. The molecule has 0 fully saturated rings. The summed E-state index contributed by atoms with van der Waals surface area (Å²) in [5.74, 6) is -0.373. The minimum Gasteiger partial charge on any atom is -0.351 e. The molecule has 0 heterocycles. The normalized spacial score (nSPS) is 12.0. The van der Waals surface area contributed by atoms with E-state index in [1.807, 2.05) is 19.2 Å². The van der Waals surface area contributed by atoms with Crippen LogP contribution in [0.1, 0.15) is 28.8 Å². The molecule has 2 aromatic carbocycles. The lowest BCUT2D eigenvalue weighted by atomic mass is 10.0. The molecule has 5 heteroatoms. The zero-order chi connectivity index (χ0) is 16.1. The van der Waals surface area contributed by atoms with Crippen LogP contribution in [0.4, 0.5) is 4.39 Å². The van der Waals surface area contributed by atoms with Gasteiger partial charge in [0.2, 0.25) is 0 Å². The van der Waals surface area contributed by atoms with Gasteiger partial charge in [-0.2, -0.15) is 0 Å². The monoisotopic (exact) mass is 337 g/mol. The second-order valence-corrected chi connectivity index (χ2v) is 6.30. The fourth-order valence-electron chi connectivity index (χ4n) is 2.06. The van der Waals surface area contributed by atoms with Crippen LogP contribution in [0.15, 0.2) is 47.4 Å². The highest BCUT2D eigenvalue weighted by Crippen LogP contribution is 2.23. The van der Waals surface area contributed by atoms with E-state index < -0.39 is 0 Å². The van der Waals surface area contributed by atoms with Gasteiger partial charge in [0, 0.05) is 11.4 Å². The Bertz CT molecular complexity index is 660. The van der Waals surface area contributed by atoms with Crippen molar-refractivity contribution >= 4 is 29.3 Å². The predicted octanol–water partition coefficient (Wildman–Crippen LogP) is 4.73. The zero-order valence-electron chi connectivity index (χ0n) is 12.4. The molecule has 2 nitrogen and oxygen atoms in total. The molecule has 2 aromatic rings. The van der Waals surface area contributed by atoms with Crippen LogP contribution in [0.25, 0.3) is 0 Å². The predicted molar refractivity (Wildman–Crippen MR) is 90.4 cm³/mol. The molecule has 0 aromatic heterocycles. The quantitative estimate of drug-likeness (QED) is 0.799. The number of hydrogen-bond acceptors (Lipinski definition) is 2. The summed E-state index contributed by atoms with van der Waals surface area (Å²) in [6.07, 6.45) is 1.95. The number of rotatable bonds is 5. The van der Waals surface area contributed by atoms with E-state index in [0.717, 1.165) is 10.5 Å². The molecule has 1 amide bonds. The molecule has 0 aliphatic heterocycles. The van der Waals surface area contributed by atoms with Gasteiger partial charge < -0.3 is 5.32 Å². The van der Waals surface area contributed by atoms with E-state index in [-0.39, 0.29) is 17.6 Å². The van der Waals surface area contributed by atoms with Crippen LogP contribution in [0, 0.1) is 5.82 Å². The Balaban J connectivity index is 2.02. The minimum atomic E-state index is -0.263. The molecule has 0 aliphatic carbocycles. The Morgan fingerprint density at radius 2 is 1.95 bits per heavy atom. The summed E-state index contributed by atoms with van der Waals surface area (Å²) in [4.78, 5) is 13.2. The van der Waals surface area contributed by atoms with Gasteiger partial charge in [0.1, 0.15) is 5.82 Å². The summed E-state index contributed by atoms with van der Waals surface area (Å²) in [5, 5.41) is 3.31. The third-order valence-electron chi connectivity index (χ3n) is 3.43.